The first-order valence-electron chi connectivity index (χ1n) is 6.78. The van der Waals surface area contributed by atoms with Gasteiger partial charge < -0.3 is 9.73 Å². The van der Waals surface area contributed by atoms with E-state index in [1.165, 1.54) is 4.31 Å². The number of halogens is 1. The summed E-state index contributed by atoms with van der Waals surface area (Å²) in [5.41, 5.74) is 0. The lowest BCUT2D eigenvalue weighted by atomic mass is 10.1. The molecule has 0 aromatic carbocycles. The van der Waals surface area contributed by atoms with Gasteiger partial charge >= 0.3 is 0 Å². The molecule has 0 fully saturated rings. The Balaban J connectivity index is 2.94. The van der Waals surface area contributed by atoms with Crippen molar-refractivity contribution in [1.29, 1.82) is 0 Å². The molecule has 0 saturated carbocycles. The maximum absolute atomic E-state index is 12.5. The summed E-state index contributed by atoms with van der Waals surface area (Å²) < 4.78 is 32.1. The average Bonchev–Trinajstić information content (AvgIpc) is 2.77. The molecule has 0 bridgehead atoms. The maximum Gasteiger partial charge on any atom is 0.247 e. The van der Waals surface area contributed by atoms with Crippen molar-refractivity contribution < 1.29 is 12.8 Å². The van der Waals surface area contributed by atoms with Crippen LogP contribution in [0.25, 0.3) is 0 Å². The largest absolute Gasteiger partial charge is 0.452 e. The van der Waals surface area contributed by atoms with Crippen LogP contribution < -0.4 is 5.32 Å². The monoisotopic (exact) mass is 366 g/mol. The first-order valence-corrected chi connectivity index (χ1v) is 9.01. The molecule has 0 radical (unpaired) electrons. The maximum atomic E-state index is 12.5. The Bertz CT molecular complexity index is 528. The number of hydrogen-bond acceptors (Lipinski definition) is 4. The summed E-state index contributed by atoms with van der Waals surface area (Å²) in [4.78, 5) is 0.191. The standard InChI is InChI=1S/C13H23BrN2O3S/c1-5-10(3)9-16(4)20(17,18)12-7-11(8-15-6-2)19-13(12)14/h7,10,15H,5-6,8-9H2,1-4H3. The summed E-state index contributed by atoms with van der Waals surface area (Å²) in [5, 5.41) is 3.10. The molecule has 1 heterocycles. The fourth-order valence-corrected chi connectivity index (χ4v) is 3.99. The van der Waals surface area contributed by atoms with Crippen LogP contribution >= 0.6 is 15.9 Å². The van der Waals surface area contributed by atoms with Gasteiger partial charge in [-0.05, 0) is 28.4 Å². The van der Waals surface area contributed by atoms with E-state index in [2.05, 4.69) is 21.2 Å². The zero-order valence-electron chi connectivity index (χ0n) is 12.4. The van der Waals surface area contributed by atoms with Crippen molar-refractivity contribution in [3.05, 3.63) is 16.5 Å². The third-order valence-corrected chi connectivity index (χ3v) is 5.89. The normalized spacial score (nSPS) is 13.9. The van der Waals surface area contributed by atoms with Crippen molar-refractivity contribution in [2.75, 3.05) is 20.1 Å². The molecule has 1 aromatic rings. The summed E-state index contributed by atoms with van der Waals surface area (Å²) in [7, 11) is -1.91. The summed E-state index contributed by atoms with van der Waals surface area (Å²) in [6.07, 6.45) is 0.943. The molecular formula is C13H23BrN2O3S. The lowest BCUT2D eigenvalue weighted by Gasteiger charge is -2.19. The van der Waals surface area contributed by atoms with Crippen LogP contribution in [0, 0.1) is 5.92 Å². The van der Waals surface area contributed by atoms with Crippen molar-refractivity contribution in [1.82, 2.24) is 9.62 Å². The minimum absolute atomic E-state index is 0.191. The topological polar surface area (TPSA) is 62.6 Å². The van der Waals surface area contributed by atoms with Gasteiger partial charge in [-0.25, -0.2) is 12.7 Å². The molecule has 0 amide bonds. The molecule has 1 rings (SSSR count). The zero-order valence-corrected chi connectivity index (χ0v) is 14.8. The van der Waals surface area contributed by atoms with Crippen molar-refractivity contribution in [3.63, 3.8) is 0 Å². The number of nitrogens with one attached hydrogen (secondary N) is 1. The number of rotatable bonds is 8. The van der Waals surface area contributed by atoms with E-state index in [4.69, 9.17) is 4.42 Å². The fourth-order valence-electron chi connectivity index (χ4n) is 1.74. The Morgan fingerprint density at radius 1 is 1.45 bits per heavy atom. The van der Waals surface area contributed by atoms with Crippen molar-refractivity contribution in [2.24, 2.45) is 5.92 Å². The van der Waals surface area contributed by atoms with Gasteiger partial charge in [0.05, 0.1) is 6.54 Å². The molecule has 0 aliphatic carbocycles. The van der Waals surface area contributed by atoms with Gasteiger partial charge in [0.2, 0.25) is 10.0 Å². The highest BCUT2D eigenvalue weighted by Gasteiger charge is 2.27. The molecule has 0 saturated heterocycles. The quantitative estimate of drug-likeness (QED) is 0.768. The molecule has 7 heteroatoms. The minimum atomic E-state index is -3.51. The predicted octanol–water partition coefficient (Wildman–Crippen LogP) is 2.82. The highest BCUT2D eigenvalue weighted by atomic mass is 79.9. The SMILES string of the molecule is CCNCc1cc(S(=O)(=O)N(C)CC(C)CC)c(Br)o1. The van der Waals surface area contributed by atoms with E-state index in [-0.39, 0.29) is 9.56 Å². The second kappa shape index (κ2) is 7.59. The third-order valence-electron chi connectivity index (χ3n) is 3.21. The number of nitrogens with zero attached hydrogens (tertiary/aromatic N) is 1. The Morgan fingerprint density at radius 3 is 2.65 bits per heavy atom. The molecule has 20 heavy (non-hydrogen) atoms. The van der Waals surface area contributed by atoms with Gasteiger partial charge in [-0.2, -0.15) is 0 Å². The highest BCUT2D eigenvalue weighted by molar-refractivity contribution is 9.10. The van der Waals surface area contributed by atoms with Crippen LogP contribution in [0.2, 0.25) is 0 Å². The Morgan fingerprint density at radius 2 is 2.10 bits per heavy atom. The molecule has 1 aromatic heterocycles. The van der Waals surface area contributed by atoms with Crippen molar-refractivity contribution in [2.45, 2.75) is 38.6 Å². The van der Waals surface area contributed by atoms with E-state index in [0.717, 1.165) is 13.0 Å². The average molecular weight is 367 g/mol. The Labute approximate surface area is 129 Å². The lowest BCUT2D eigenvalue weighted by molar-refractivity contribution is 0.392. The third kappa shape index (κ3) is 4.31. The molecular weight excluding hydrogens is 344 g/mol. The predicted molar refractivity (Wildman–Crippen MR) is 83.1 cm³/mol. The number of hydrogen-bond donors (Lipinski definition) is 1. The van der Waals surface area contributed by atoms with Crippen LogP contribution in [-0.2, 0) is 16.6 Å². The summed E-state index contributed by atoms with van der Waals surface area (Å²) in [6.45, 7) is 7.88. The van der Waals surface area contributed by atoms with Crippen molar-refractivity contribution in [3.8, 4) is 0 Å². The smallest absolute Gasteiger partial charge is 0.247 e. The van der Waals surface area contributed by atoms with E-state index in [0.29, 0.717) is 24.8 Å². The van der Waals surface area contributed by atoms with Gasteiger partial charge in [0.1, 0.15) is 10.7 Å². The van der Waals surface area contributed by atoms with Gasteiger partial charge in [-0.3, -0.25) is 0 Å². The van der Waals surface area contributed by atoms with Crippen LogP contribution in [0.4, 0.5) is 0 Å². The second-order valence-electron chi connectivity index (χ2n) is 4.93. The Hall–Kier alpha value is -0.370. The number of sulfonamides is 1. The Kier molecular flexibility index (Phi) is 6.71. The molecule has 5 nitrogen and oxygen atoms in total. The van der Waals surface area contributed by atoms with E-state index < -0.39 is 10.0 Å². The molecule has 0 aliphatic heterocycles. The second-order valence-corrected chi connectivity index (χ2v) is 7.66. The molecule has 0 aliphatic rings. The summed E-state index contributed by atoms with van der Waals surface area (Å²) >= 11 is 3.20. The summed E-state index contributed by atoms with van der Waals surface area (Å²) in [6, 6.07) is 1.58. The molecule has 116 valence electrons. The molecule has 0 spiro atoms. The van der Waals surface area contributed by atoms with Gasteiger partial charge in [-0.15, -0.1) is 0 Å². The zero-order chi connectivity index (χ0) is 15.3. The van der Waals surface area contributed by atoms with Crippen LogP contribution in [0.1, 0.15) is 33.0 Å². The van der Waals surface area contributed by atoms with Gasteiger partial charge in [0.15, 0.2) is 4.67 Å². The summed E-state index contributed by atoms with van der Waals surface area (Å²) in [5.74, 6) is 0.927. The van der Waals surface area contributed by atoms with Gasteiger partial charge in [-0.1, -0.05) is 27.2 Å². The highest BCUT2D eigenvalue weighted by Crippen LogP contribution is 2.28. The molecule has 1 atom stereocenters. The van der Waals surface area contributed by atoms with Crippen LogP contribution in [0.3, 0.4) is 0 Å². The van der Waals surface area contributed by atoms with Crippen LogP contribution in [-0.4, -0.2) is 32.9 Å². The van der Waals surface area contributed by atoms with E-state index in [1.807, 2.05) is 20.8 Å². The van der Waals surface area contributed by atoms with E-state index in [1.54, 1.807) is 13.1 Å². The molecule has 1 N–H and O–H groups in total. The number of furan rings is 1. The minimum Gasteiger partial charge on any atom is -0.452 e. The fraction of sp³-hybridized carbons (Fsp3) is 0.692. The first kappa shape index (κ1) is 17.7. The van der Waals surface area contributed by atoms with Crippen LogP contribution in [0.15, 0.2) is 20.0 Å². The molecule has 1 unspecified atom stereocenters. The van der Waals surface area contributed by atoms with Gasteiger partial charge in [0, 0.05) is 19.7 Å². The lowest BCUT2D eigenvalue weighted by Crippen LogP contribution is -2.31. The van der Waals surface area contributed by atoms with E-state index in [9.17, 15) is 8.42 Å². The van der Waals surface area contributed by atoms with Gasteiger partial charge in [0.25, 0.3) is 0 Å². The van der Waals surface area contributed by atoms with E-state index >= 15 is 0 Å². The first-order chi connectivity index (χ1) is 9.32. The van der Waals surface area contributed by atoms with Crippen LogP contribution in [0.5, 0.6) is 0 Å². The van der Waals surface area contributed by atoms with Crippen molar-refractivity contribution >= 4 is 26.0 Å².